The number of carbonyl (C=O) groups excluding carboxylic acids is 1. The van der Waals surface area contributed by atoms with Crippen LogP contribution in [0.4, 0.5) is 0 Å². The zero-order chi connectivity index (χ0) is 23.2. The molecule has 0 fully saturated rings. The molecule has 6 nitrogen and oxygen atoms in total. The molecular weight excluding hydrogens is 414 g/mol. The van der Waals surface area contributed by atoms with Gasteiger partial charge >= 0.3 is 0 Å². The first-order chi connectivity index (χ1) is 16.1. The predicted octanol–water partition coefficient (Wildman–Crippen LogP) is 4.71. The van der Waals surface area contributed by atoms with Gasteiger partial charge in [-0.05, 0) is 55.3 Å². The molecule has 0 aliphatic rings. The summed E-state index contributed by atoms with van der Waals surface area (Å²) >= 11 is 0. The van der Waals surface area contributed by atoms with Crippen LogP contribution in [0.25, 0.3) is 11.0 Å². The van der Waals surface area contributed by atoms with Gasteiger partial charge in [-0.1, -0.05) is 36.4 Å². The maximum atomic E-state index is 12.6. The van der Waals surface area contributed by atoms with E-state index in [0.717, 1.165) is 28.2 Å². The number of hydrogen-bond acceptors (Lipinski definition) is 4. The van der Waals surface area contributed by atoms with Crippen LogP contribution in [0.2, 0.25) is 0 Å². The largest absolute Gasteiger partial charge is 0.496 e. The first kappa shape index (κ1) is 22.4. The molecule has 3 aromatic carbocycles. The Morgan fingerprint density at radius 3 is 2.58 bits per heavy atom. The number of fused-ring (bicyclic) bond motifs is 1. The van der Waals surface area contributed by atoms with Crippen LogP contribution in [-0.4, -0.2) is 35.7 Å². The molecule has 6 heteroatoms. The Bertz CT molecular complexity index is 1260. The molecule has 1 heterocycles. The second-order valence-electron chi connectivity index (χ2n) is 7.92. The van der Waals surface area contributed by atoms with Crippen LogP contribution in [-0.2, 0) is 13.0 Å². The third-order valence-electron chi connectivity index (χ3n) is 5.85. The second kappa shape index (κ2) is 10.2. The maximum absolute atomic E-state index is 12.6. The lowest BCUT2D eigenvalue weighted by Gasteiger charge is -2.14. The summed E-state index contributed by atoms with van der Waals surface area (Å²) in [7, 11) is 1.56. The summed E-state index contributed by atoms with van der Waals surface area (Å²) in [6.07, 6.45) is 0.610. The van der Waals surface area contributed by atoms with Gasteiger partial charge in [-0.3, -0.25) is 4.79 Å². The van der Waals surface area contributed by atoms with Crippen molar-refractivity contribution in [2.45, 2.75) is 26.8 Å². The van der Waals surface area contributed by atoms with Crippen molar-refractivity contribution < 1.29 is 14.3 Å². The highest BCUT2D eigenvalue weighted by Crippen LogP contribution is 2.22. The lowest BCUT2D eigenvalue weighted by atomic mass is 10.1. The summed E-state index contributed by atoms with van der Waals surface area (Å²) in [6, 6.07) is 21.4. The van der Waals surface area contributed by atoms with Gasteiger partial charge in [0.2, 0.25) is 0 Å². The quantitative estimate of drug-likeness (QED) is 0.407. The fourth-order valence-corrected chi connectivity index (χ4v) is 3.91. The number of ether oxygens (including phenoxy) is 2. The van der Waals surface area contributed by atoms with Crippen LogP contribution in [0, 0.1) is 13.8 Å². The average Bonchev–Trinajstić information content (AvgIpc) is 3.19. The summed E-state index contributed by atoms with van der Waals surface area (Å²) in [5.41, 5.74) is 4.90. The Balaban J connectivity index is 1.44. The number of nitrogens with zero attached hydrogens (tertiary/aromatic N) is 2. The molecule has 0 spiro atoms. The number of imidazole rings is 1. The van der Waals surface area contributed by atoms with Crippen LogP contribution in [0.15, 0.2) is 66.7 Å². The molecule has 4 rings (SSSR count). The monoisotopic (exact) mass is 443 g/mol. The smallest absolute Gasteiger partial charge is 0.255 e. The predicted molar refractivity (Wildman–Crippen MR) is 130 cm³/mol. The highest BCUT2D eigenvalue weighted by Gasteiger charge is 2.14. The highest BCUT2D eigenvalue weighted by atomic mass is 16.5. The minimum atomic E-state index is -0.159. The third kappa shape index (κ3) is 5.00. The molecule has 0 atom stereocenters. The van der Waals surface area contributed by atoms with E-state index in [1.54, 1.807) is 19.2 Å². The molecular formula is C27H29N3O3. The van der Waals surface area contributed by atoms with Crippen molar-refractivity contribution in [1.29, 1.82) is 0 Å². The minimum Gasteiger partial charge on any atom is -0.496 e. The maximum Gasteiger partial charge on any atom is 0.255 e. The van der Waals surface area contributed by atoms with Crippen molar-refractivity contribution in [1.82, 2.24) is 14.9 Å². The van der Waals surface area contributed by atoms with Crippen molar-refractivity contribution in [2.75, 3.05) is 20.3 Å². The molecule has 0 unspecified atom stereocenters. The Labute approximate surface area is 194 Å². The number of amides is 1. The summed E-state index contributed by atoms with van der Waals surface area (Å²) in [5.74, 6) is 2.23. The summed E-state index contributed by atoms with van der Waals surface area (Å²) in [6.45, 7) is 5.84. The van der Waals surface area contributed by atoms with E-state index < -0.39 is 0 Å². The van der Waals surface area contributed by atoms with Gasteiger partial charge in [-0.25, -0.2) is 4.98 Å². The van der Waals surface area contributed by atoms with E-state index in [2.05, 4.69) is 35.9 Å². The second-order valence-corrected chi connectivity index (χ2v) is 7.92. The molecule has 1 aromatic heterocycles. The molecule has 0 bridgehead atoms. The Morgan fingerprint density at radius 2 is 1.73 bits per heavy atom. The van der Waals surface area contributed by atoms with Crippen LogP contribution >= 0.6 is 0 Å². The van der Waals surface area contributed by atoms with Crippen LogP contribution < -0.4 is 14.8 Å². The number of nitrogens with one attached hydrogen (secondary N) is 1. The average molecular weight is 444 g/mol. The van der Waals surface area contributed by atoms with E-state index in [9.17, 15) is 4.79 Å². The number of benzene rings is 3. The molecule has 170 valence electrons. The number of aryl methyl sites for hydroxylation is 1. The molecule has 33 heavy (non-hydrogen) atoms. The molecule has 1 N–H and O–H groups in total. The normalized spacial score (nSPS) is 10.9. The molecule has 0 aliphatic carbocycles. The lowest BCUT2D eigenvalue weighted by molar-refractivity contribution is 0.0951. The van der Waals surface area contributed by atoms with Crippen molar-refractivity contribution in [3.63, 3.8) is 0 Å². The number of para-hydroxylation sites is 3. The zero-order valence-corrected chi connectivity index (χ0v) is 19.3. The zero-order valence-electron chi connectivity index (χ0n) is 19.3. The summed E-state index contributed by atoms with van der Waals surface area (Å²) < 4.78 is 13.6. The molecule has 4 aromatic rings. The highest BCUT2D eigenvalue weighted by molar-refractivity contribution is 5.96. The molecule has 1 amide bonds. The molecule has 0 saturated heterocycles. The topological polar surface area (TPSA) is 65.4 Å². The van der Waals surface area contributed by atoms with Crippen molar-refractivity contribution in [3.8, 4) is 11.5 Å². The fraction of sp³-hybridized carbons (Fsp3) is 0.259. The van der Waals surface area contributed by atoms with Gasteiger partial charge in [0.15, 0.2) is 0 Å². The SMILES string of the molecule is COc1ccccc1C(=O)NCCc1nc2ccccc2n1CCOc1cccc(C)c1C. The van der Waals surface area contributed by atoms with Crippen molar-refractivity contribution in [3.05, 3.63) is 89.2 Å². The van der Waals surface area contributed by atoms with Gasteiger partial charge in [0.25, 0.3) is 5.91 Å². The van der Waals surface area contributed by atoms with Crippen LogP contribution in [0.5, 0.6) is 11.5 Å². The molecule has 0 radical (unpaired) electrons. The van der Waals surface area contributed by atoms with Gasteiger partial charge in [0, 0.05) is 13.0 Å². The van der Waals surface area contributed by atoms with E-state index >= 15 is 0 Å². The summed E-state index contributed by atoms with van der Waals surface area (Å²) in [5, 5.41) is 2.99. The first-order valence-corrected chi connectivity index (χ1v) is 11.1. The van der Waals surface area contributed by atoms with E-state index in [-0.39, 0.29) is 5.91 Å². The number of rotatable bonds is 9. The van der Waals surface area contributed by atoms with E-state index in [0.29, 0.717) is 37.4 Å². The molecule has 0 saturated carbocycles. The van der Waals surface area contributed by atoms with E-state index in [1.807, 2.05) is 42.5 Å². The van der Waals surface area contributed by atoms with Crippen LogP contribution in [0.1, 0.15) is 27.3 Å². The number of aromatic nitrogens is 2. The van der Waals surface area contributed by atoms with Crippen LogP contribution in [0.3, 0.4) is 0 Å². The summed E-state index contributed by atoms with van der Waals surface area (Å²) in [4.78, 5) is 17.4. The third-order valence-corrected chi connectivity index (χ3v) is 5.85. The van der Waals surface area contributed by atoms with E-state index in [1.165, 1.54) is 5.56 Å². The Hall–Kier alpha value is -3.80. The van der Waals surface area contributed by atoms with Crippen molar-refractivity contribution in [2.24, 2.45) is 0 Å². The van der Waals surface area contributed by atoms with Crippen molar-refractivity contribution >= 4 is 16.9 Å². The van der Waals surface area contributed by atoms with Gasteiger partial charge < -0.3 is 19.4 Å². The Morgan fingerprint density at radius 1 is 0.970 bits per heavy atom. The van der Waals surface area contributed by atoms with Gasteiger partial charge in [-0.2, -0.15) is 0 Å². The first-order valence-electron chi connectivity index (χ1n) is 11.1. The minimum absolute atomic E-state index is 0.159. The lowest BCUT2D eigenvalue weighted by Crippen LogP contribution is -2.27. The van der Waals surface area contributed by atoms with E-state index in [4.69, 9.17) is 14.5 Å². The standard InChI is InChI=1S/C27H29N3O3/c1-19-9-8-14-24(20(19)2)33-18-17-30-23-12-6-5-11-22(23)29-26(30)15-16-28-27(31)21-10-4-7-13-25(21)32-3/h4-14H,15-18H2,1-3H3,(H,28,31). The van der Waals surface area contributed by atoms with Gasteiger partial charge in [0.05, 0.1) is 30.3 Å². The number of hydrogen-bond donors (Lipinski definition) is 1. The van der Waals surface area contributed by atoms with Gasteiger partial charge in [0.1, 0.15) is 23.9 Å². The number of carbonyl (C=O) groups is 1. The fourth-order valence-electron chi connectivity index (χ4n) is 3.91. The molecule has 0 aliphatic heterocycles. The Kier molecular flexibility index (Phi) is 6.93. The number of methoxy groups -OCH3 is 1. The van der Waals surface area contributed by atoms with Gasteiger partial charge in [-0.15, -0.1) is 0 Å².